The molecule has 0 bridgehead atoms. The molecule has 160 valence electrons. The summed E-state index contributed by atoms with van der Waals surface area (Å²) in [5.74, 6) is 2.85. The second-order valence-corrected chi connectivity index (χ2v) is 6.23. The molecule has 0 aliphatic rings. The van der Waals surface area contributed by atoms with E-state index in [1.54, 1.807) is 7.11 Å². The Labute approximate surface area is 194 Å². The van der Waals surface area contributed by atoms with E-state index in [0.29, 0.717) is 30.6 Å². The second kappa shape index (κ2) is 12.1. The van der Waals surface area contributed by atoms with Gasteiger partial charge < -0.3 is 25.1 Å². The molecule has 0 atom stereocenters. The van der Waals surface area contributed by atoms with Crippen LogP contribution in [0.3, 0.4) is 0 Å². The molecule has 3 rings (SSSR count). The van der Waals surface area contributed by atoms with Gasteiger partial charge in [-0.15, -0.1) is 24.0 Å². The number of rotatable bonds is 8. The maximum Gasteiger partial charge on any atom is 0.196 e. The highest BCUT2D eigenvalue weighted by Gasteiger charge is 2.08. The van der Waals surface area contributed by atoms with Gasteiger partial charge in [-0.1, -0.05) is 30.3 Å². The molecule has 0 amide bonds. The lowest BCUT2D eigenvalue weighted by Gasteiger charge is -2.14. The van der Waals surface area contributed by atoms with Gasteiger partial charge in [-0.25, -0.2) is 9.98 Å². The standard InChI is InChI=1S/C22H27N5O2.HI/c1-4-23-22(26-17-11-12-19(29-5-2)20(13-17)28-3)25-15-21-24-14-18(27-21)16-9-7-6-8-10-16;/h6-14H,4-5,15H2,1-3H3,(H,24,27)(H2,23,25,26);1H. The third kappa shape index (κ3) is 6.38. The van der Waals surface area contributed by atoms with Gasteiger partial charge in [0.15, 0.2) is 17.5 Å². The fourth-order valence-electron chi connectivity index (χ4n) is 2.83. The van der Waals surface area contributed by atoms with Crippen LogP contribution in [0, 0.1) is 0 Å². The first kappa shape index (κ1) is 23.5. The molecule has 0 aliphatic carbocycles. The molecule has 1 heterocycles. The molecular formula is C22H28IN5O2. The summed E-state index contributed by atoms with van der Waals surface area (Å²) in [7, 11) is 1.63. The molecule has 2 aromatic carbocycles. The topological polar surface area (TPSA) is 83.6 Å². The smallest absolute Gasteiger partial charge is 0.196 e. The number of aliphatic imine (C=N–C) groups is 1. The Hall–Kier alpha value is -2.75. The predicted octanol–water partition coefficient (Wildman–Crippen LogP) is 4.68. The van der Waals surface area contributed by atoms with Crippen LogP contribution in [-0.2, 0) is 6.54 Å². The summed E-state index contributed by atoms with van der Waals surface area (Å²) in [5.41, 5.74) is 2.93. The number of hydrogen-bond acceptors (Lipinski definition) is 4. The van der Waals surface area contributed by atoms with Gasteiger partial charge in [-0.05, 0) is 31.5 Å². The minimum atomic E-state index is 0. The van der Waals surface area contributed by atoms with Crippen molar-refractivity contribution in [1.29, 1.82) is 0 Å². The van der Waals surface area contributed by atoms with Crippen LogP contribution in [0.4, 0.5) is 5.69 Å². The van der Waals surface area contributed by atoms with Crippen molar-refractivity contribution < 1.29 is 9.47 Å². The monoisotopic (exact) mass is 521 g/mol. The Bertz CT molecular complexity index is 944. The van der Waals surface area contributed by atoms with Crippen molar-refractivity contribution in [3.8, 4) is 22.8 Å². The van der Waals surface area contributed by atoms with E-state index in [9.17, 15) is 0 Å². The van der Waals surface area contributed by atoms with Crippen molar-refractivity contribution in [3.05, 3.63) is 60.6 Å². The zero-order valence-electron chi connectivity index (χ0n) is 17.4. The zero-order chi connectivity index (χ0) is 20.5. The number of aromatic amines is 1. The Morgan fingerprint density at radius 3 is 2.60 bits per heavy atom. The first-order valence-corrected chi connectivity index (χ1v) is 9.69. The average molecular weight is 521 g/mol. The maximum absolute atomic E-state index is 5.57. The Balaban J connectivity index is 0.00000320. The Morgan fingerprint density at radius 2 is 1.90 bits per heavy atom. The number of halogens is 1. The van der Waals surface area contributed by atoms with Crippen LogP contribution in [0.25, 0.3) is 11.3 Å². The summed E-state index contributed by atoms with van der Waals surface area (Å²) in [4.78, 5) is 12.4. The van der Waals surface area contributed by atoms with E-state index in [-0.39, 0.29) is 24.0 Å². The zero-order valence-corrected chi connectivity index (χ0v) is 19.8. The number of hydrogen-bond donors (Lipinski definition) is 3. The van der Waals surface area contributed by atoms with Gasteiger partial charge in [0.1, 0.15) is 12.4 Å². The fourth-order valence-corrected chi connectivity index (χ4v) is 2.83. The van der Waals surface area contributed by atoms with Crippen LogP contribution in [-0.4, -0.2) is 36.2 Å². The summed E-state index contributed by atoms with van der Waals surface area (Å²) < 4.78 is 11.0. The second-order valence-electron chi connectivity index (χ2n) is 6.23. The molecule has 7 nitrogen and oxygen atoms in total. The van der Waals surface area contributed by atoms with Crippen molar-refractivity contribution in [1.82, 2.24) is 15.3 Å². The maximum atomic E-state index is 5.57. The first-order valence-electron chi connectivity index (χ1n) is 9.69. The van der Waals surface area contributed by atoms with Crippen molar-refractivity contribution >= 4 is 35.6 Å². The number of nitrogens with zero attached hydrogens (tertiary/aromatic N) is 2. The highest BCUT2D eigenvalue weighted by molar-refractivity contribution is 14.0. The summed E-state index contributed by atoms with van der Waals surface area (Å²) in [6, 6.07) is 15.8. The largest absolute Gasteiger partial charge is 0.493 e. The molecule has 0 unspecified atom stereocenters. The van der Waals surface area contributed by atoms with Crippen molar-refractivity contribution in [2.75, 3.05) is 25.6 Å². The van der Waals surface area contributed by atoms with E-state index in [0.717, 1.165) is 29.3 Å². The molecule has 0 fully saturated rings. The summed E-state index contributed by atoms with van der Waals surface area (Å²) in [5, 5.41) is 6.54. The third-order valence-electron chi connectivity index (χ3n) is 4.17. The van der Waals surface area contributed by atoms with Gasteiger partial charge in [0.25, 0.3) is 0 Å². The lowest BCUT2D eigenvalue weighted by Crippen LogP contribution is -2.30. The molecule has 3 N–H and O–H groups in total. The van der Waals surface area contributed by atoms with E-state index in [2.05, 4.69) is 25.6 Å². The van der Waals surface area contributed by atoms with Gasteiger partial charge in [0.2, 0.25) is 0 Å². The average Bonchev–Trinajstić information content (AvgIpc) is 3.23. The minimum absolute atomic E-state index is 0. The van der Waals surface area contributed by atoms with E-state index in [1.807, 2.05) is 68.6 Å². The van der Waals surface area contributed by atoms with Gasteiger partial charge in [0, 0.05) is 18.3 Å². The number of aromatic nitrogens is 2. The molecule has 1 aromatic heterocycles. The molecule has 0 saturated heterocycles. The Morgan fingerprint density at radius 1 is 1.10 bits per heavy atom. The van der Waals surface area contributed by atoms with E-state index >= 15 is 0 Å². The van der Waals surface area contributed by atoms with Crippen LogP contribution >= 0.6 is 24.0 Å². The van der Waals surface area contributed by atoms with Crippen LogP contribution < -0.4 is 20.1 Å². The number of anilines is 1. The van der Waals surface area contributed by atoms with E-state index < -0.39 is 0 Å². The quantitative estimate of drug-likeness (QED) is 0.228. The van der Waals surface area contributed by atoms with Gasteiger partial charge in [-0.3, -0.25) is 0 Å². The molecule has 0 aliphatic heterocycles. The van der Waals surface area contributed by atoms with Crippen LogP contribution in [0.1, 0.15) is 19.7 Å². The minimum Gasteiger partial charge on any atom is -0.493 e. The van der Waals surface area contributed by atoms with E-state index in [4.69, 9.17) is 9.47 Å². The molecule has 0 saturated carbocycles. The Kier molecular flexibility index (Phi) is 9.46. The first-order chi connectivity index (χ1) is 14.2. The molecule has 30 heavy (non-hydrogen) atoms. The highest BCUT2D eigenvalue weighted by atomic mass is 127. The highest BCUT2D eigenvalue weighted by Crippen LogP contribution is 2.30. The number of benzene rings is 2. The number of H-pyrrole nitrogens is 1. The summed E-state index contributed by atoms with van der Waals surface area (Å²) in [6.07, 6.45) is 1.83. The third-order valence-corrected chi connectivity index (χ3v) is 4.17. The van der Waals surface area contributed by atoms with Crippen LogP contribution in [0.15, 0.2) is 59.7 Å². The van der Waals surface area contributed by atoms with E-state index in [1.165, 1.54) is 0 Å². The SMILES string of the molecule is CCNC(=NCc1ncc(-c2ccccc2)[nH]1)Nc1ccc(OCC)c(OC)c1.I. The number of nitrogens with one attached hydrogen (secondary N) is 3. The number of imidazole rings is 1. The molecule has 0 radical (unpaired) electrons. The van der Waals surface area contributed by atoms with Crippen molar-refractivity contribution in [2.45, 2.75) is 20.4 Å². The van der Waals surface area contributed by atoms with Gasteiger partial charge >= 0.3 is 0 Å². The summed E-state index contributed by atoms with van der Waals surface area (Å²) in [6.45, 7) is 5.72. The fraction of sp³-hybridized carbons (Fsp3) is 0.273. The van der Waals surface area contributed by atoms with Crippen LogP contribution in [0.2, 0.25) is 0 Å². The lowest BCUT2D eigenvalue weighted by molar-refractivity contribution is 0.311. The van der Waals surface area contributed by atoms with Gasteiger partial charge in [0.05, 0.1) is 25.6 Å². The molecule has 0 spiro atoms. The summed E-state index contributed by atoms with van der Waals surface area (Å²) >= 11 is 0. The number of ether oxygens (including phenoxy) is 2. The van der Waals surface area contributed by atoms with Gasteiger partial charge in [-0.2, -0.15) is 0 Å². The lowest BCUT2D eigenvalue weighted by atomic mass is 10.2. The van der Waals surface area contributed by atoms with Crippen molar-refractivity contribution in [2.24, 2.45) is 4.99 Å². The normalized spacial score (nSPS) is 10.8. The molecular weight excluding hydrogens is 493 g/mol. The molecule has 8 heteroatoms. The number of guanidine groups is 1. The van der Waals surface area contributed by atoms with Crippen molar-refractivity contribution in [3.63, 3.8) is 0 Å². The number of methoxy groups -OCH3 is 1. The predicted molar refractivity (Wildman–Crippen MR) is 132 cm³/mol. The van der Waals surface area contributed by atoms with Crippen LogP contribution in [0.5, 0.6) is 11.5 Å². The molecule has 3 aromatic rings.